The van der Waals surface area contributed by atoms with Gasteiger partial charge in [0.25, 0.3) is 0 Å². The van der Waals surface area contributed by atoms with Gasteiger partial charge in [-0.05, 0) is 95.5 Å². The van der Waals surface area contributed by atoms with Crippen molar-refractivity contribution in [2.24, 2.45) is 4.99 Å². The van der Waals surface area contributed by atoms with E-state index in [0.29, 0.717) is 5.70 Å². The largest absolute Gasteiger partial charge is 0.265 e. The predicted molar refractivity (Wildman–Crippen MR) is 182 cm³/mol. The fraction of sp³-hybridized carbons (Fsp3) is 0.0238. The number of fused-ring (bicyclic) bond motifs is 14. The minimum atomic E-state index is -0.415. The van der Waals surface area contributed by atoms with E-state index in [1.165, 1.54) is 77.2 Å². The van der Waals surface area contributed by atoms with Crippen LogP contribution < -0.4 is 0 Å². The zero-order chi connectivity index (χ0) is 28.7. The van der Waals surface area contributed by atoms with Crippen LogP contribution in [0.2, 0.25) is 0 Å². The van der Waals surface area contributed by atoms with Crippen molar-refractivity contribution >= 4 is 34.0 Å². The molecule has 0 bridgehead atoms. The van der Waals surface area contributed by atoms with E-state index >= 15 is 0 Å². The Morgan fingerprint density at radius 1 is 0.488 bits per heavy atom. The van der Waals surface area contributed by atoms with E-state index in [2.05, 4.69) is 158 Å². The molecule has 0 saturated carbocycles. The molecular weight excluding hydrogens is 518 g/mol. The summed E-state index contributed by atoms with van der Waals surface area (Å²) in [5.74, 6) is 0. The van der Waals surface area contributed by atoms with Crippen LogP contribution in [0.4, 0.5) is 0 Å². The number of nitrogens with zero attached hydrogens (tertiary/aromatic N) is 1. The highest BCUT2D eigenvalue weighted by molar-refractivity contribution is 6.16. The minimum Gasteiger partial charge on any atom is -0.265 e. The van der Waals surface area contributed by atoms with Gasteiger partial charge in [-0.2, -0.15) is 0 Å². The molecule has 200 valence electrons. The Labute approximate surface area is 251 Å². The van der Waals surface area contributed by atoms with Crippen LogP contribution >= 0.6 is 0 Å². The maximum absolute atomic E-state index is 4.05. The van der Waals surface area contributed by atoms with Crippen molar-refractivity contribution in [1.29, 1.82) is 0 Å². The normalized spacial score (nSPS) is 13.5. The van der Waals surface area contributed by atoms with E-state index in [1.54, 1.807) is 0 Å². The summed E-state index contributed by atoms with van der Waals surface area (Å²) in [5, 5.41) is 5.11. The monoisotopic (exact) mass is 545 g/mol. The quantitative estimate of drug-likeness (QED) is 0.196. The summed E-state index contributed by atoms with van der Waals surface area (Å²) in [6.07, 6.45) is 0. The molecule has 2 aliphatic carbocycles. The summed E-state index contributed by atoms with van der Waals surface area (Å²) in [7, 11) is 0. The van der Waals surface area contributed by atoms with Gasteiger partial charge in [-0.1, -0.05) is 140 Å². The summed E-state index contributed by atoms with van der Waals surface area (Å²) in [5.41, 5.74) is 14.4. The van der Waals surface area contributed by atoms with Crippen LogP contribution in [0, 0.1) is 0 Å². The molecule has 0 N–H and O–H groups in total. The molecule has 0 aromatic heterocycles. The van der Waals surface area contributed by atoms with Gasteiger partial charge in [0.1, 0.15) is 0 Å². The third-order valence-electron chi connectivity index (χ3n) is 9.70. The SMILES string of the molecule is C=NC(=C)c1ccc(-c2cc3c(c4ccccc24)-c2c(ccc4ccccc24)C32c3ccccc3-c3ccccc32)cc1. The van der Waals surface area contributed by atoms with Crippen molar-refractivity contribution in [1.82, 2.24) is 0 Å². The fourth-order valence-electron chi connectivity index (χ4n) is 7.93. The Kier molecular flexibility index (Phi) is 4.90. The average molecular weight is 546 g/mol. The molecule has 0 amide bonds. The molecule has 0 aliphatic heterocycles. The molecule has 0 saturated heterocycles. The smallest absolute Gasteiger partial charge is 0.0726 e. The standard InChI is InChI=1S/C42H27N/c1-26(43-2)27-19-21-29(22-20-27)35-25-39-41(34-16-6-5-13-31(34)35)40-30-12-4-3-11-28(30)23-24-38(40)42(39)36-17-9-7-14-32(36)33-15-8-10-18-37(33)42/h3-25H,1-2H2. The second kappa shape index (κ2) is 8.74. The number of benzene rings is 7. The Hall–Kier alpha value is -5.53. The molecule has 0 atom stereocenters. The Morgan fingerprint density at radius 3 is 1.77 bits per heavy atom. The Bertz CT molecular complexity index is 2270. The highest BCUT2D eigenvalue weighted by atomic mass is 14.7. The summed E-state index contributed by atoms with van der Waals surface area (Å²) in [4.78, 5) is 4.05. The van der Waals surface area contributed by atoms with E-state index in [0.717, 1.165) is 5.56 Å². The van der Waals surface area contributed by atoms with Crippen LogP contribution in [0.3, 0.4) is 0 Å². The molecule has 0 heterocycles. The average Bonchev–Trinajstić information content (AvgIpc) is 3.55. The first-order valence-electron chi connectivity index (χ1n) is 14.8. The Balaban J connectivity index is 1.48. The second-order valence-electron chi connectivity index (χ2n) is 11.6. The van der Waals surface area contributed by atoms with Gasteiger partial charge in [0.05, 0.1) is 11.1 Å². The third-order valence-corrected chi connectivity index (χ3v) is 9.70. The van der Waals surface area contributed by atoms with Crippen LogP contribution in [0.1, 0.15) is 27.8 Å². The van der Waals surface area contributed by atoms with Gasteiger partial charge in [-0.3, -0.25) is 4.99 Å². The summed E-state index contributed by atoms with van der Waals surface area (Å²) in [6.45, 7) is 7.72. The van der Waals surface area contributed by atoms with Gasteiger partial charge in [0, 0.05) is 0 Å². The summed E-state index contributed by atoms with van der Waals surface area (Å²) >= 11 is 0. The zero-order valence-electron chi connectivity index (χ0n) is 23.6. The van der Waals surface area contributed by atoms with E-state index in [-0.39, 0.29) is 0 Å². The first-order chi connectivity index (χ1) is 21.2. The van der Waals surface area contributed by atoms with Gasteiger partial charge >= 0.3 is 0 Å². The van der Waals surface area contributed by atoms with Gasteiger partial charge in [-0.25, -0.2) is 0 Å². The third kappa shape index (κ3) is 3.04. The highest BCUT2D eigenvalue weighted by Crippen LogP contribution is 2.65. The lowest BCUT2D eigenvalue weighted by Crippen LogP contribution is -2.26. The van der Waals surface area contributed by atoms with Crippen LogP contribution in [0.15, 0.2) is 151 Å². The van der Waals surface area contributed by atoms with E-state index in [9.17, 15) is 0 Å². The molecule has 0 radical (unpaired) electrons. The summed E-state index contributed by atoms with van der Waals surface area (Å²) < 4.78 is 0. The van der Waals surface area contributed by atoms with E-state index < -0.39 is 5.41 Å². The van der Waals surface area contributed by atoms with Crippen molar-refractivity contribution < 1.29 is 0 Å². The van der Waals surface area contributed by atoms with Crippen molar-refractivity contribution in [3.8, 4) is 33.4 Å². The molecule has 2 aliphatic rings. The van der Waals surface area contributed by atoms with Crippen molar-refractivity contribution in [2.75, 3.05) is 0 Å². The lowest BCUT2D eigenvalue weighted by atomic mass is 9.70. The molecule has 1 spiro atoms. The van der Waals surface area contributed by atoms with Crippen molar-refractivity contribution in [3.05, 3.63) is 174 Å². The molecule has 1 heteroatoms. The topological polar surface area (TPSA) is 12.4 Å². The molecule has 0 fully saturated rings. The molecule has 0 unspecified atom stereocenters. The number of rotatable bonds is 3. The lowest BCUT2D eigenvalue weighted by Gasteiger charge is -2.31. The molecular formula is C42H27N. The molecule has 9 rings (SSSR count). The first kappa shape index (κ1) is 24.1. The minimum absolute atomic E-state index is 0.415. The number of hydrogen-bond donors (Lipinski definition) is 0. The molecule has 1 nitrogen and oxygen atoms in total. The van der Waals surface area contributed by atoms with E-state index in [1.807, 2.05) is 0 Å². The van der Waals surface area contributed by atoms with Gasteiger partial charge < -0.3 is 0 Å². The van der Waals surface area contributed by atoms with Crippen molar-refractivity contribution in [2.45, 2.75) is 5.41 Å². The highest BCUT2D eigenvalue weighted by Gasteiger charge is 2.52. The molecule has 7 aromatic rings. The van der Waals surface area contributed by atoms with Crippen LogP contribution in [0.5, 0.6) is 0 Å². The van der Waals surface area contributed by atoms with Crippen LogP contribution in [-0.2, 0) is 5.41 Å². The lowest BCUT2D eigenvalue weighted by molar-refractivity contribution is 0.795. The fourth-order valence-corrected chi connectivity index (χ4v) is 7.93. The van der Waals surface area contributed by atoms with Crippen molar-refractivity contribution in [3.63, 3.8) is 0 Å². The Morgan fingerprint density at radius 2 is 1.07 bits per heavy atom. The predicted octanol–water partition coefficient (Wildman–Crippen LogP) is 10.7. The van der Waals surface area contributed by atoms with E-state index in [4.69, 9.17) is 0 Å². The van der Waals surface area contributed by atoms with Crippen LogP contribution in [0.25, 0.3) is 60.6 Å². The second-order valence-corrected chi connectivity index (χ2v) is 11.6. The maximum Gasteiger partial charge on any atom is 0.0726 e. The van der Waals surface area contributed by atoms with Crippen LogP contribution in [-0.4, -0.2) is 6.72 Å². The maximum atomic E-state index is 4.05. The number of hydrogen-bond acceptors (Lipinski definition) is 1. The summed E-state index contributed by atoms with van der Waals surface area (Å²) in [6, 6.07) is 51.6. The zero-order valence-corrected chi connectivity index (χ0v) is 23.6. The first-order valence-corrected chi connectivity index (χ1v) is 14.8. The molecule has 7 aromatic carbocycles. The number of aliphatic imine (C=N–C) groups is 1. The van der Waals surface area contributed by atoms with Gasteiger partial charge in [0.2, 0.25) is 0 Å². The van der Waals surface area contributed by atoms with Gasteiger partial charge in [0.15, 0.2) is 0 Å². The van der Waals surface area contributed by atoms with Gasteiger partial charge in [-0.15, -0.1) is 0 Å². The molecule has 43 heavy (non-hydrogen) atoms.